The van der Waals surface area contributed by atoms with E-state index in [4.69, 9.17) is 0 Å². The molecule has 1 aromatic rings. The maximum atomic E-state index is 12.1. The summed E-state index contributed by atoms with van der Waals surface area (Å²) in [5.41, 5.74) is 2.02. The first-order valence-electron chi connectivity index (χ1n) is 6.57. The van der Waals surface area contributed by atoms with Crippen molar-refractivity contribution in [1.82, 2.24) is 10.2 Å². The average molecular weight is 373 g/mol. The Kier molecular flexibility index (Phi) is 5.18. The quantitative estimate of drug-likeness (QED) is 0.795. The number of rotatable bonds is 3. The number of nitrogens with one attached hydrogen (secondary N) is 2. The number of benzene rings is 1. The van der Waals surface area contributed by atoms with E-state index >= 15 is 0 Å². The van der Waals surface area contributed by atoms with Gasteiger partial charge in [0.2, 0.25) is 5.91 Å². The first-order chi connectivity index (χ1) is 9.06. The summed E-state index contributed by atoms with van der Waals surface area (Å²) in [5, 5.41) is 6.33. The molecule has 0 bridgehead atoms. The van der Waals surface area contributed by atoms with Crippen molar-refractivity contribution in [2.24, 2.45) is 0 Å². The SMILES string of the molecule is Cc1cc(I)ccc1NC(=O)CN1CCNCC1C. The molecule has 1 saturated heterocycles. The van der Waals surface area contributed by atoms with Gasteiger partial charge in [-0.15, -0.1) is 0 Å². The van der Waals surface area contributed by atoms with E-state index < -0.39 is 0 Å². The number of carbonyl (C=O) groups excluding carboxylic acids is 1. The molecule has 4 nitrogen and oxygen atoms in total. The predicted octanol–water partition coefficient (Wildman–Crippen LogP) is 1.83. The van der Waals surface area contributed by atoms with Gasteiger partial charge in [-0.3, -0.25) is 9.69 Å². The summed E-state index contributed by atoms with van der Waals surface area (Å²) < 4.78 is 1.18. The number of hydrogen-bond donors (Lipinski definition) is 2. The molecule has 104 valence electrons. The number of aryl methyl sites for hydroxylation is 1. The minimum Gasteiger partial charge on any atom is -0.325 e. The Morgan fingerprint density at radius 2 is 2.37 bits per heavy atom. The monoisotopic (exact) mass is 373 g/mol. The fraction of sp³-hybridized carbons (Fsp3) is 0.500. The molecule has 1 heterocycles. The molecule has 1 fully saturated rings. The van der Waals surface area contributed by atoms with Crippen molar-refractivity contribution in [1.29, 1.82) is 0 Å². The molecule has 1 aliphatic heterocycles. The molecule has 0 aromatic heterocycles. The number of hydrogen-bond acceptors (Lipinski definition) is 3. The van der Waals surface area contributed by atoms with Gasteiger partial charge >= 0.3 is 0 Å². The number of anilines is 1. The van der Waals surface area contributed by atoms with Crippen molar-refractivity contribution < 1.29 is 4.79 Å². The molecule has 1 aromatic carbocycles. The Bertz CT molecular complexity index is 464. The molecular weight excluding hydrogens is 353 g/mol. The van der Waals surface area contributed by atoms with E-state index in [-0.39, 0.29) is 5.91 Å². The van der Waals surface area contributed by atoms with Gasteiger partial charge in [0.25, 0.3) is 0 Å². The zero-order valence-corrected chi connectivity index (χ0v) is 13.5. The Labute approximate surface area is 128 Å². The standard InChI is InChI=1S/C14H20IN3O/c1-10-7-12(15)3-4-13(10)17-14(19)9-18-6-5-16-8-11(18)2/h3-4,7,11,16H,5-6,8-9H2,1-2H3,(H,17,19). The maximum absolute atomic E-state index is 12.1. The first kappa shape index (κ1) is 14.7. The Morgan fingerprint density at radius 3 is 3.05 bits per heavy atom. The van der Waals surface area contributed by atoms with E-state index in [1.165, 1.54) is 3.57 Å². The lowest BCUT2D eigenvalue weighted by Gasteiger charge is -2.33. The molecule has 5 heteroatoms. The van der Waals surface area contributed by atoms with Crippen LogP contribution in [-0.2, 0) is 4.79 Å². The van der Waals surface area contributed by atoms with Gasteiger partial charge in [0.05, 0.1) is 6.54 Å². The minimum atomic E-state index is 0.0676. The van der Waals surface area contributed by atoms with Gasteiger partial charge in [-0.1, -0.05) is 0 Å². The lowest BCUT2D eigenvalue weighted by atomic mass is 10.2. The largest absolute Gasteiger partial charge is 0.325 e. The summed E-state index contributed by atoms with van der Waals surface area (Å²) >= 11 is 2.28. The first-order valence-corrected chi connectivity index (χ1v) is 7.65. The van der Waals surface area contributed by atoms with Crippen molar-refractivity contribution >= 4 is 34.2 Å². The van der Waals surface area contributed by atoms with E-state index in [0.29, 0.717) is 12.6 Å². The van der Waals surface area contributed by atoms with Gasteiger partial charge in [-0.2, -0.15) is 0 Å². The molecule has 1 aliphatic rings. The molecule has 0 spiro atoms. The number of piperazine rings is 1. The van der Waals surface area contributed by atoms with E-state index in [9.17, 15) is 4.79 Å². The summed E-state index contributed by atoms with van der Waals surface area (Å²) in [6, 6.07) is 6.47. The Morgan fingerprint density at radius 1 is 1.58 bits per heavy atom. The van der Waals surface area contributed by atoms with Crippen LogP contribution in [0, 0.1) is 10.5 Å². The van der Waals surface area contributed by atoms with Gasteiger partial charge in [0, 0.05) is 34.9 Å². The molecule has 0 radical (unpaired) electrons. The zero-order valence-electron chi connectivity index (χ0n) is 11.4. The second-order valence-electron chi connectivity index (χ2n) is 5.03. The van der Waals surface area contributed by atoms with Crippen molar-refractivity contribution in [3.8, 4) is 0 Å². The highest BCUT2D eigenvalue weighted by Gasteiger charge is 2.20. The smallest absolute Gasteiger partial charge is 0.238 e. The second-order valence-corrected chi connectivity index (χ2v) is 6.28. The summed E-state index contributed by atoms with van der Waals surface area (Å²) in [7, 11) is 0. The van der Waals surface area contributed by atoms with Crippen molar-refractivity contribution in [3.63, 3.8) is 0 Å². The van der Waals surface area contributed by atoms with Crippen molar-refractivity contribution in [2.75, 3.05) is 31.5 Å². The fourth-order valence-electron chi connectivity index (χ4n) is 2.26. The number of nitrogens with zero attached hydrogens (tertiary/aromatic N) is 1. The normalized spacial score (nSPS) is 20.3. The van der Waals surface area contributed by atoms with Crippen LogP contribution < -0.4 is 10.6 Å². The van der Waals surface area contributed by atoms with Crippen LogP contribution in [0.25, 0.3) is 0 Å². The Hall–Kier alpha value is -0.660. The van der Waals surface area contributed by atoms with E-state index in [2.05, 4.69) is 51.1 Å². The highest BCUT2D eigenvalue weighted by Crippen LogP contribution is 2.17. The lowest BCUT2D eigenvalue weighted by Crippen LogP contribution is -2.52. The minimum absolute atomic E-state index is 0.0676. The van der Waals surface area contributed by atoms with Gasteiger partial charge in [-0.25, -0.2) is 0 Å². The lowest BCUT2D eigenvalue weighted by molar-refractivity contribution is -0.118. The third-order valence-electron chi connectivity index (χ3n) is 3.45. The van der Waals surface area contributed by atoms with E-state index in [0.717, 1.165) is 30.9 Å². The highest BCUT2D eigenvalue weighted by molar-refractivity contribution is 14.1. The van der Waals surface area contributed by atoms with Crippen LogP contribution in [0.4, 0.5) is 5.69 Å². The summed E-state index contributed by atoms with van der Waals surface area (Å²) in [6.45, 7) is 7.48. The van der Waals surface area contributed by atoms with Crippen LogP contribution in [0.3, 0.4) is 0 Å². The molecule has 0 saturated carbocycles. The van der Waals surface area contributed by atoms with E-state index in [1.54, 1.807) is 0 Å². The maximum Gasteiger partial charge on any atom is 0.238 e. The van der Waals surface area contributed by atoms with Crippen molar-refractivity contribution in [2.45, 2.75) is 19.9 Å². The average Bonchev–Trinajstić information content (AvgIpc) is 2.36. The van der Waals surface area contributed by atoms with E-state index in [1.807, 2.05) is 19.1 Å². The predicted molar refractivity (Wildman–Crippen MR) is 86.4 cm³/mol. The molecule has 2 N–H and O–H groups in total. The summed E-state index contributed by atoms with van der Waals surface area (Å²) in [5.74, 6) is 0.0676. The molecule has 1 atom stereocenters. The van der Waals surface area contributed by atoms with Crippen LogP contribution in [0.15, 0.2) is 18.2 Å². The van der Waals surface area contributed by atoms with Crippen LogP contribution in [-0.4, -0.2) is 43.0 Å². The Balaban J connectivity index is 1.93. The molecule has 1 unspecified atom stereocenters. The third kappa shape index (κ3) is 4.15. The molecule has 1 amide bonds. The summed E-state index contributed by atoms with van der Waals surface area (Å²) in [4.78, 5) is 14.3. The zero-order chi connectivity index (χ0) is 13.8. The van der Waals surface area contributed by atoms with Crippen LogP contribution >= 0.6 is 22.6 Å². The van der Waals surface area contributed by atoms with Gasteiger partial charge in [0.15, 0.2) is 0 Å². The fourth-order valence-corrected chi connectivity index (χ4v) is 2.91. The second kappa shape index (κ2) is 6.67. The molecule has 2 rings (SSSR count). The van der Waals surface area contributed by atoms with Crippen molar-refractivity contribution in [3.05, 3.63) is 27.3 Å². The molecule has 19 heavy (non-hydrogen) atoms. The topological polar surface area (TPSA) is 44.4 Å². The molecule has 0 aliphatic carbocycles. The number of halogens is 1. The van der Waals surface area contributed by atoms with Crippen LogP contribution in [0.2, 0.25) is 0 Å². The molecular formula is C14H20IN3O. The van der Waals surface area contributed by atoms with Gasteiger partial charge < -0.3 is 10.6 Å². The van der Waals surface area contributed by atoms with Gasteiger partial charge in [0.1, 0.15) is 0 Å². The van der Waals surface area contributed by atoms with Crippen LogP contribution in [0.5, 0.6) is 0 Å². The summed E-state index contributed by atoms with van der Waals surface area (Å²) in [6.07, 6.45) is 0. The number of carbonyl (C=O) groups is 1. The number of amides is 1. The van der Waals surface area contributed by atoms with Gasteiger partial charge in [-0.05, 0) is 60.2 Å². The highest BCUT2D eigenvalue weighted by atomic mass is 127. The third-order valence-corrected chi connectivity index (χ3v) is 4.12. The van der Waals surface area contributed by atoms with Crippen LogP contribution in [0.1, 0.15) is 12.5 Å².